The molecule has 0 aromatic rings. The second-order valence-corrected chi connectivity index (χ2v) is 6.22. The maximum Gasteiger partial charge on any atom is 1.00 e. The molecule has 0 saturated heterocycles. The Bertz CT molecular complexity index is 69.4. The quantitative estimate of drug-likeness (QED) is 0.308. The average Bonchev–Trinajstić information content (AvgIpc) is 2.08. The average molecular weight is 389 g/mol. The Hall–Kier alpha value is 1.26. The standard InChI is InChI=1S/C6H15P.C3H6S.Au/c1-4-7(5-2)6-3;1-2-3-4;/h4-6H2,1-3H3;2,4H,1,3H2;/q;;+1. The first-order chi connectivity index (χ1) is 5.26. The van der Waals surface area contributed by atoms with Crippen molar-refractivity contribution in [2.75, 3.05) is 24.2 Å². The molecule has 3 heteroatoms. The molecule has 0 fully saturated rings. The van der Waals surface area contributed by atoms with Crippen molar-refractivity contribution in [3.8, 4) is 0 Å². The van der Waals surface area contributed by atoms with Crippen molar-refractivity contribution in [3.05, 3.63) is 12.7 Å². The van der Waals surface area contributed by atoms with Crippen molar-refractivity contribution in [3.63, 3.8) is 0 Å². The van der Waals surface area contributed by atoms with E-state index in [1.165, 1.54) is 18.5 Å². The van der Waals surface area contributed by atoms with Gasteiger partial charge in [-0.05, 0) is 28.7 Å². The van der Waals surface area contributed by atoms with Gasteiger partial charge in [0.05, 0.1) is 18.5 Å². The number of rotatable bonds is 4. The van der Waals surface area contributed by atoms with E-state index in [0.29, 0.717) is 5.75 Å². The Morgan fingerprint density at radius 3 is 1.42 bits per heavy atom. The molecular weight excluding hydrogens is 368 g/mol. The molecule has 12 heavy (non-hydrogen) atoms. The van der Waals surface area contributed by atoms with Gasteiger partial charge in [-0.1, -0.05) is 0 Å². The Balaban J connectivity index is -0.000000142. The van der Waals surface area contributed by atoms with Crippen LogP contribution in [0.4, 0.5) is 0 Å². The van der Waals surface area contributed by atoms with Crippen molar-refractivity contribution in [2.24, 2.45) is 0 Å². The van der Waals surface area contributed by atoms with Gasteiger partial charge in [0.2, 0.25) is 0 Å². The molecule has 0 rings (SSSR count). The summed E-state index contributed by atoms with van der Waals surface area (Å²) in [5.74, 6) is 0.667. The molecular formula is C9H21AuPS+. The molecule has 0 nitrogen and oxygen atoms in total. The number of hydrogen-bond donors (Lipinski definition) is 0. The smallest absolute Gasteiger partial charge is 0.789 e. The van der Waals surface area contributed by atoms with Crippen LogP contribution < -0.4 is 0 Å². The minimum Gasteiger partial charge on any atom is -0.789 e. The topological polar surface area (TPSA) is 0 Å². The normalized spacial score (nSPS) is 8.08. The summed E-state index contributed by atoms with van der Waals surface area (Å²) in [4.78, 5) is 0. The first-order valence-corrected chi connectivity index (χ1v) is 6.99. The third-order valence-electron chi connectivity index (χ3n) is 1.62. The fourth-order valence-electron chi connectivity index (χ4n) is 0.750. The van der Waals surface area contributed by atoms with E-state index in [2.05, 4.69) is 40.0 Å². The molecule has 78 valence electrons. The van der Waals surface area contributed by atoms with E-state index < -0.39 is 0 Å². The first kappa shape index (κ1) is 18.9. The molecule has 0 radical (unpaired) electrons. The van der Waals surface area contributed by atoms with Gasteiger partial charge >= 0.3 is 22.4 Å². The van der Waals surface area contributed by atoms with Crippen molar-refractivity contribution < 1.29 is 22.4 Å². The summed E-state index contributed by atoms with van der Waals surface area (Å²) in [6, 6.07) is 0. The third-order valence-corrected chi connectivity index (χ3v) is 4.85. The minimum absolute atomic E-state index is 0. The maximum absolute atomic E-state index is 4.44. The molecule has 0 unspecified atom stereocenters. The molecule has 0 aliphatic heterocycles. The van der Waals surface area contributed by atoms with Crippen molar-refractivity contribution in [1.82, 2.24) is 0 Å². The van der Waals surface area contributed by atoms with E-state index in [1.807, 2.05) is 0 Å². The summed E-state index contributed by atoms with van der Waals surface area (Å²) >= 11 is 4.44. The molecule has 0 N–H and O–H groups in total. The zero-order valence-electron chi connectivity index (χ0n) is 8.32. The monoisotopic (exact) mass is 389 g/mol. The van der Waals surface area contributed by atoms with Gasteiger partial charge in [-0.2, -0.15) is 5.75 Å². The Kier molecular flexibility index (Phi) is 28.6. The van der Waals surface area contributed by atoms with Crippen LogP contribution in [0.5, 0.6) is 0 Å². The van der Waals surface area contributed by atoms with Crippen LogP contribution in [-0.2, 0) is 35.0 Å². The molecule has 0 saturated carbocycles. The number of hydrogen-bond acceptors (Lipinski definition) is 1. The van der Waals surface area contributed by atoms with Gasteiger partial charge in [-0.15, -0.1) is 12.7 Å². The van der Waals surface area contributed by atoms with E-state index in [0.717, 1.165) is 0 Å². The van der Waals surface area contributed by atoms with Gasteiger partial charge in [0.15, 0.2) is 0 Å². The zero-order chi connectivity index (χ0) is 9.11. The Morgan fingerprint density at radius 2 is 1.42 bits per heavy atom. The second kappa shape index (κ2) is 18.1. The van der Waals surface area contributed by atoms with E-state index in [1.54, 1.807) is 6.08 Å². The predicted molar refractivity (Wildman–Crippen MR) is 62.4 cm³/mol. The van der Waals surface area contributed by atoms with E-state index in [-0.39, 0.29) is 30.3 Å². The molecule has 0 amide bonds. The van der Waals surface area contributed by atoms with Crippen LogP contribution in [0.25, 0.3) is 0 Å². The largest absolute Gasteiger partial charge is 1.00 e. The molecule has 0 aliphatic rings. The maximum atomic E-state index is 4.44. The summed E-state index contributed by atoms with van der Waals surface area (Å²) in [5.41, 5.74) is 0. The molecule has 0 aliphatic carbocycles. The summed E-state index contributed by atoms with van der Waals surface area (Å²) in [5, 5.41) is 0. The van der Waals surface area contributed by atoms with Crippen molar-refractivity contribution >= 4 is 20.6 Å². The van der Waals surface area contributed by atoms with Crippen molar-refractivity contribution in [2.45, 2.75) is 20.8 Å². The molecule has 0 aromatic carbocycles. The summed E-state index contributed by atoms with van der Waals surface area (Å²) in [6.07, 6.45) is 6.06. The zero-order valence-corrected chi connectivity index (χ0v) is 12.3. The molecule has 0 spiro atoms. The van der Waals surface area contributed by atoms with E-state index in [4.69, 9.17) is 0 Å². The first-order valence-electron chi connectivity index (χ1n) is 4.29. The van der Waals surface area contributed by atoms with Gasteiger partial charge in [0.1, 0.15) is 0 Å². The minimum atomic E-state index is 0. The van der Waals surface area contributed by atoms with Gasteiger partial charge in [-0.3, -0.25) is 0 Å². The van der Waals surface area contributed by atoms with Crippen LogP contribution in [0.2, 0.25) is 0 Å². The van der Waals surface area contributed by atoms with Gasteiger partial charge in [0.25, 0.3) is 0 Å². The van der Waals surface area contributed by atoms with Crippen LogP contribution in [-0.4, -0.2) is 24.2 Å². The fourth-order valence-corrected chi connectivity index (χ4v) is 2.25. The molecule has 0 aromatic heterocycles. The van der Waals surface area contributed by atoms with Crippen LogP contribution in [0.1, 0.15) is 20.8 Å². The van der Waals surface area contributed by atoms with Gasteiger partial charge < -0.3 is 12.6 Å². The van der Waals surface area contributed by atoms with Gasteiger partial charge in [0, 0.05) is 0 Å². The van der Waals surface area contributed by atoms with Crippen LogP contribution in [0, 0.1) is 0 Å². The van der Waals surface area contributed by atoms with Gasteiger partial charge in [-0.25, -0.2) is 0 Å². The summed E-state index contributed by atoms with van der Waals surface area (Å²) in [6.45, 7) is 10.3. The van der Waals surface area contributed by atoms with Crippen LogP contribution in [0.15, 0.2) is 12.7 Å². The summed E-state index contributed by atoms with van der Waals surface area (Å²) in [7, 11) is 0.137. The predicted octanol–water partition coefficient (Wildman–Crippen LogP) is 2.98. The van der Waals surface area contributed by atoms with E-state index in [9.17, 15) is 0 Å². The third kappa shape index (κ3) is 17.4. The molecule has 0 heterocycles. The van der Waals surface area contributed by atoms with Crippen LogP contribution in [0.3, 0.4) is 0 Å². The second-order valence-electron chi connectivity index (χ2n) is 2.27. The molecule has 0 atom stereocenters. The SMILES string of the molecule is C=CC[S-].CC[PH+](CC)CC.[Au+]. The Morgan fingerprint density at radius 1 is 1.17 bits per heavy atom. The van der Waals surface area contributed by atoms with Crippen molar-refractivity contribution in [1.29, 1.82) is 0 Å². The molecule has 0 bridgehead atoms. The fraction of sp³-hybridized carbons (Fsp3) is 0.778. The van der Waals surface area contributed by atoms with E-state index >= 15 is 0 Å². The Labute approximate surface area is 100 Å². The van der Waals surface area contributed by atoms with Crippen LogP contribution >= 0.6 is 7.92 Å². The summed E-state index contributed by atoms with van der Waals surface area (Å²) < 4.78 is 0.